The molecule has 0 radical (unpaired) electrons. The third-order valence-corrected chi connectivity index (χ3v) is 4.78. The van der Waals surface area contributed by atoms with E-state index in [-0.39, 0.29) is 18.5 Å². The number of aromatic nitrogens is 4. The third kappa shape index (κ3) is 3.57. The number of hydrogen-bond donors (Lipinski definition) is 1. The Bertz CT molecular complexity index is 950. The van der Waals surface area contributed by atoms with E-state index in [2.05, 4.69) is 15.5 Å². The summed E-state index contributed by atoms with van der Waals surface area (Å²) in [5.74, 6) is 1.09. The maximum atomic E-state index is 12.5. The predicted molar refractivity (Wildman–Crippen MR) is 97.0 cm³/mol. The molecule has 1 amide bonds. The highest BCUT2D eigenvalue weighted by molar-refractivity contribution is 7.99. The first-order chi connectivity index (χ1) is 13.3. The van der Waals surface area contributed by atoms with Crippen molar-refractivity contribution >= 4 is 23.4 Å². The van der Waals surface area contributed by atoms with Crippen molar-refractivity contribution in [2.75, 3.05) is 24.2 Å². The molecule has 10 heteroatoms. The zero-order chi connectivity index (χ0) is 18.6. The number of thioether (sulfide) groups is 1. The molecule has 4 rings (SSSR count). The van der Waals surface area contributed by atoms with Crippen molar-refractivity contribution in [3.05, 3.63) is 48.5 Å². The predicted octanol–water partition coefficient (Wildman–Crippen LogP) is 1.47. The SMILES string of the molecule is O=C(CSc1nnnn1-c1ccc2c(c1)OCO2)N(CO)c1ccccc1. The number of fused-ring (bicyclic) bond motifs is 1. The van der Waals surface area contributed by atoms with E-state index < -0.39 is 6.73 Å². The molecule has 1 aliphatic heterocycles. The van der Waals surface area contributed by atoms with Crippen LogP contribution in [0, 0.1) is 0 Å². The largest absolute Gasteiger partial charge is 0.454 e. The van der Waals surface area contributed by atoms with Gasteiger partial charge in [0.25, 0.3) is 0 Å². The first kappa shape index (κ1) is 17.3. The lowest BCUT2D eigenvalue weighted by Crippen LogP contribution is -2.33. The molecule has 138 valence electrons. The molecule has 2 aromatic carbocycles. The minimum atomic E-state index is -0.406. The summed E-state index contributed by atoms with van der Waals surface area (Å²) in [6.45, 7) is -0.225. The van der Waals surface area contributed by atoms with Gasteiger partial charge in [0.2, 0.25) is 17.9 Å². The maximum Gasteiger partial charge on any atom is 0.239 e. The van der Waals surface area contributed by atoms with Crippen molar-refractivity contribution < 1.29 is 19.4 Å². The van der Waals surface area contributed by atoms with Gasteiger partial charge in [0.05, 0.1) is 11.4 Å². The topological polar surface area (TPSA) is 103 Å². The van der Waals surface area contributed by atoms with Gasteiger partial charge in [0.1, 0.15) is 6.73 Å². The second-order valence-electron chi connectivity index (χ2n) is 5.50. The molecule has 27 heavy (non-hydrogen) atoms. The van der Waals surface area contributed by atoms with Gasteiger partial charge in [0.15, 0.2) is 11.5 Å². The van der Waals surface area contributed by atoms with Crippen molar-refractivity contribution in [3.8, 4) is 17.2 Å². The second kappa shape index (κ2) is 7.64. The molecular weight excluding hydrogens is 370 g/mol. The first-order valence-corrected chi connectivity index (χ1v) is 9.02. The minimum absolute atomic E-state index is 0.0698. The molecule has 1 aromatic heterocycles. The summed E-state index contributed by atoms with van der Waals surface area (Å²) in [5.41, 5.74) is 1.32. The lowest BCUT2D eigenvalue weighted by molar-refractivity contribution is -0.116. The van der Waals surface area contributed by atoms with Crippen molar-refractivity contribution in [2.24, 2.45) is 0 Å². The van der Waals surface area contributed by atoms with Crippen molar-refractivity contribution in [1.29, 1.82) is 0 Å². The molecule has 0 saturated carbocycles. The van der Waals surface area contributed by atoms with Crippen LogP contribution in [0.2, 0.25) is 0 Å². The Kier molecular flexibility index (Phi) is 4.90. The third-order valence-electron chi connectivity index (χ3n) is 3.88. The van der Waals surface area contributed by atoms with Gasteiger partial charge < -0.3 is 14.6 Å². The van der Waals surface area contributed by atoms with Crippen LogP contribution in [0.15, 0.2) is 53.7 Å². The number of amides is 1. The lowest BCUT2D eigenvalue weighted by Gasteiger charge is -2.19. The summed E-state index contributed by atoms with van der Waals surface area (Å²) in [7, 11) is 0. The van der Waals surface area contributed by atoms with E-state index in [1.165, 1.54) is 21.3 Å². The molecule has 0 spiro atoms. The Morgan fingerprint density at radius 1 is 1.19 bits per heavy atom. The van der Waals surface area contributed by atoms with Crippen molar-refractivity contribution in [2.45, 2.75) is 5.16 Å². The number of rotatable bonds is 6. The molecule has 0 fully saturated rings. The fraction of sp³-hybridized carbons (Fsp3) is 0.176. The number of aliphatic hydroxyl groups excluding tert-OH is 1. The zero-order valence-electron chi connectivity index (χ0n) is 14.1. The van der Waals surface area contributed by atoms with E-state index in [4.69, 9.17) is 9.47 Å². The van der Waals surface area contributed by atoms with Crippen LogP contribution < -0.4 is 14.4 Å². The molecule has 0 bridgehead atoms. The van der Waals surface area contributed by atoms with Gasteiger partial charge in [-0.15, -0.1) is 5.10 Å². The summed E-state index contributed by atoms with van der Waals surface area (Å²) in [5, 5.41) is 21.6. The molecule has 0 saturated heterocycles. The number of aliphatic hydroxyl groups is 1. The number of carbonyl (C=O) groups is 1. The van der Waals surface area contributed by atoms with E-state index in [9.17, 15) is 9.90 Å². The maximum absolute atomic E-state index is 12.5. The van der Waals surface area contributed by atoms with E-state index in [0.717, 1.165) is 0 Å². The summed E-state index contributed by atoms with van der Waals surface area (Å²) in [4.78, 5) is 13.8. The summed E-state index contributed by atoms with van der Waals surface area (Å²) < 4.78 is 12.2. The Hall–Kier alpha value is -3.11. The smallest absolute Gasteiger partial charge is 0.239 e. The average molecular weight is 385 g/mol. The Morgan fingerprint density at radius 3 is 2.81 bits per heavy atom. The van der Waals surface area contributed by atoms with Crippen LogP contribution in [0.1, 0.15) is 0 Å². The molecule has 9 nitrogen and oxygen atoms in total. The standard InChI is InChI=1S/C17H15N5O4S/c23-10-21(12-4-2-1-3-5-12)16(24)9-27-17-18-19-20-22(17)13-6-7-14-15(8-13)26-11-25-14/h1-8,23H,9-11H2. The molecule has 0 unspecified atom stereocenters. The number of tetrazole rings is 1. The quantitative estimate of drug-likeness (QED) is 0.503. The van der Waals surface area contributed by atoms with Gasteiger partial charge in [-0.25, -0.2) is 0 Å². The van der Waals surface area contributed by atoms with Gasteiger partial charge >= 0.3 is 0 Å². The number of hydrogen-bond acceptors (Lipinski definition) is 8. The van der Waals surface area contributed by atoms with E-state index in [0.29, 0.717) is 28.0 Å². The van der Waals surface area contributed by atoms with Crippen molar-refractivity contribution in [1.82, 2.24) is 20.2 Å². The van der Waals surface area contributed by atoms with Gasteiger partial charge in [-0.3, -0.25) is 9.69 Å². The highest BCUT2D eigenvalue weighted by Crippen LogP contribution is 2.34. The fourth-order valence-electron chi connectivity index (χ4n) is 2.56. The van der Waals surface area contributed by atoms with Gasteiger partial charge in [-0.1, -0.05) is 30.0 Å². The number of nitrogens with zero attached hydrogens (tertiary/aromatic N) is 5. The number of anilines is 1. The number of carbonyl (C=O) groups excluding carboxylic acids is 1. The summed E-state index contributed by atoms with van der Waals surface area (Å²) in [6, 6.07) is 14.3. The Balaban J connectivity index is 1.48. The molecule has 0 aliphatic carbocycles. The van der Waals surface area contributed by atoms with Gasteiger partial charge in [-0.05, 0) is 34.7 Å². The number of benzene rings is 2. The Morgan fingerprint density at radius 2 is 2.00 bits per heavy atom. The molecule has 0 atom stereocenters. The van der Waals surface area contributed by atoms with Crippen LogP contribution in [-0.2, 0) is 4.79 Å². The number of ether oxygens (including phenoxy) is 2. The fourth-order valence-corrected chi connectivity index (χ4v) is 3.33. The second-order valence-corrected chi connectivity index (χ2v) is 6.44. The average Bonchev–Trinajstić information content (AvgIpc) is 3.36. The van der Waals surface area contributed by atoms with Crippen molar-refractivity contribution in [3.63, 3.8) is 0 Å². The molecule has 1 aliphatic rings. The van der Waals surface area contributed by atoms with Crippen LogP contribution in [0.25, 0.3) is 5.69 Å². The van der Waals surface area contributed by atoms with Gasteiger partial charge in [0, 0.05) is 11.8 Å². The van der Waals surface area contributed by atoms with Gasteiger partial charge in [-0.2, -0.15) is 4.68 Å². The number of para-hydroxylation sites is 1. The normalized spacial score (nSPS) is 12.2. The summed E-state index contributed by atoms with van der Waals surface area (Å²) in [6.07, 6.45) is 0. The minimum Gasteiger partial charge on any atom is -0.454 e. The van der Waals surface area contributed by atoms with Crippen LogP contribution in [0.4, 0.5) is 5.69 Å². The van der Waals surface area contributed by atoms with Crippen LogP contribution in [0.3, 0.4) is 0 Å². The summed E-state index contributed by atoms with van der Waals surface area (Å²) >= 11 is 1.18. The zero-order valence-corrected chi connectivity index (χ0v) is 14.9. The molecule has 1 N–H and O–H groups in total. The molecular formula is C17H15N5O4S. The van der Waals surface area contributed by atoms with E-state index >= 15 is 0 Å². The monoisotopic (exact) mass is 385 g/mol. The molecule has 2 heterocycles. The lowest BCUT2D eigenvalue weighted by atomic mass is 10.3. The van der Waals surface area contributed by atoms with Crippen LogP contribution in [0.5, 0.6) is 11.5 Å². The highest BCUT2D eigenvalue weighted by Gasteiger charge is 2.19. The van der Waals surface area contributed by atoms with Crippen LogP contribution >= 0.6 is 11.8 Å². The van der Waals surface area contributed by atoms with Crippen LogP contribution in [-0.4, -0.2) is 50.5 Å². The highest BCUT2D eigenvalue weighted by atomic mass is 32.2. The Labute approximate surface area is 158 Å². The molecule has 3 aromatic rings. The first-order valence-electron chi connectivity index (χ1n) is 8.04. The van der Waals surface area contributed by atoms with E-state index in [1.54, 1.807) is 42.5 Å². The van der Waals surface area contributed by atoms with E-state index in [1.807, 2.05) is 6.07 Å².